The molecule has 3 N–H and O–H groups in total. The highest BCUT2D eigenvalue weighted by Crippen LogP contribution is 2.37. The summed E-state index contributed by atoms with van der Waals surface area (Å²) in [6, 6.07) is 3.76. The van der Waals surface area contributed by atoms with Crippen LogP contribution in [0.2, 0.25) is 0 Å². The SMILES string of the molecule is Cc1ccc(NNC(=O)O)c2c1CC(C)O2. The van der Waals surface area contributed by atoms with Crippen LogP contribution < -0.4 is 15.6 Å². The summed E-state index contributed by atoms with van der Waals surface area (Å²) < 4.78 is 5.66. The van der Waals surface area contributed by atoms with Crippen LogP contribution >= 0.6 is 0 Å². The molecule has 0 spiro atoms. The maximum absolute atomic E-state index is 10.4. The van der Waals surface area contributed by atoms with Gasteiger partial charge in [-0.15, -0.1) is 0 Å². The standard InChI is InChI=1S/C11H14N2O3/c1-6-3-4-9(12-13-11(14)15)10-8(6)5-7(2)16-10/h3-4,7,12-13H,5H2,1-2H3,(H,14,15). The van der Waals surface area contributed by atoms with Crippen LogP contribution in [0.4, 0.5) is 10.5 Å². The van der Waals surface area contributed by atoms with E-state index in [9.17, 15) is 4.79 Å². The number of anilines is 1. The Morgan fingerprint density at radius 3 is 3.00 bits per heavy atom. The fraction of sp³-hybridized carbons (Fsp3) is 0.364. The van der Waals surface area contributed by atoms with Gasteiger partial charge < -0.3 is 9.84 Å². The number of hydrogen-bond donors (Lipinski definition) is 3. The van der Waals surface area contributed by atoms with Gasteiger partial charge in [-0.3, -0.25) is 5.43 Å². The van der Waals surface area contributed by atoms with Gasteiger partial charge in [-0.05, 0) is 25.5 Å². The molecule has 1 aromatic rings. The lowest BCUT2D eigenvalue weighted by molar-refractivity contribution is 0.197. The third-order valence-electron chi connectivity index (χ3n) is 2.61. The van der Waals surface area contributed by atoms with Crippen molar-refractivity contribution in [1.82, 2.24) is 5.43 Å². The van der Waals surface area contributed by atoms with Gasteiger partial charge in [0.25, 0.3) is 0 Å². The molecule has 2 rings (SSSR count). The molecule has 1 atom stereocenters. The summed E-state index contributed by atoms with van der Waals surface area (Å²) in [6.07, 6.45) is -0.120. The van der Waals surface area contributed by atoms with Crippen LogP contribution in [0.1, 0.15) is 18.1 Å². The Hall–Kier alpha value is -1.91. The highest BCUT2D eigenvalue weighted by Gasteiger charge is 2.23. The van der Waals surface area contributed by atoms with E-state index in [0.29, 0.717) is 5.69 Å². The van der Waals surface area contributed by atoms with Crippen molar-refractivity contribution in [2.45, 2.75) is 26.4 Å². The minimum atomic E-state index is -1.12. The summed E-state index contributed by atoms with van der Waals surface area (Å²) >= 11 is 0. The largest absolute Gasteiger partial charge is 0.488 e. The summed E-state index contributed by atoms with van der Waals surface area (Å²) in [4.78, 5) is 10.4. The fourth-order valence-corrected chi connectivity index (χ4v) is 1.86. The van der Waals surface area contributed by atoms with E-state index < -0.39 is 6.09 Å². The van der Waals surface area contributed by atoms with Gasteiger partial charge in [0, 0.05) is 12.0 Å². The molecule has 1 amide bonds. The molecule has 1 aromatic carbocycles. The quantitative estimate of drug-likeness (QED) is 0.668. The van der Waals surface area contributed by atoms with Crippen LogP contribution in [0.5, 0.6) is 5.75 Å². The molecular weight excluding hydrogens is 208 g/mol. The van der Waals surface area contributed by atoms with E-state index >= 15 is 0 Å². The van der Waals surface area contributed by atoms with E-state index in [0.717, 1.165) is 17.7 Å². The zero-order valence-electron chi connectivity index (χ0n) is 9.20. The minimum Gasteiger partial charge on any atom is -0.488 e. The number of carbonyl (C=O) groups is 1. The number of hydrazine groups is 1. The van der Waals surface area contributed by atoms with E-state index in [1.807, 2.05) is 26.0 Å². The molecule has 0 radical (unpaired) electrons. The van der Waals surface area contributed by atoms with Gasteiger partial charge in [-0.2, -0.15) is 0 Å². The summed E-state index contributed by atoms with van der Waals surface area (Å²) in [7, 11) is 0. The molecule has 1 unspecified atom stereocenters. The van der Waals surface area contributed by atoms with Crippen LogP contribution in [-0.2, 0) is 6.42 Å². The third-order valence-corrected chi connectivity index (χ3v) is 2.61. The van der Waals surface area contributed by atoms with E-state index in [4.69, 9.17) is 9.84 Å². The number of fused-ring (bicyclic) bond motifs is 1. The van der Waals surface area contributed by atoms with Gasteiger partial charge in [0.15, 0.2) is 0 Å². The molecule has 5 nitrogen and oxygen atoms in total. The average Bonchev–Trinajstić information content (AvgIpc) is 2.59. The van der Waals surface area contributed by atoms with Crippen LogP contribution in [0.25, 0.3) is 0 Å². The number of benzene rings is 1. The Morgan fingerprint density at radius 2 is 2.31 bits per heavy atom. The van der Waals surface area contributed by atoms with Crippen molar-refractivity contribution in [3.8, 4) is 5.75 Å². The van der Waals surface area contributed by atoms with Crippen molar-refractivity contribution < 1.29 is 14.6 Å². The first-order chi connectivity index (χ1) is 7.58. The molecule has 0 saturated heterocycles. The zero-order valence-corrected chi connectivity index (χ0v) is 9.20. The molecule has 1 aliphatic heterocycles. The van der Waals surface area contributed by atoms with Crippen LogP contribution in [0.15, 0.2) is 12.1 Å². The zero-order chi connectivity index (χ0) is 11.7. The molecule has 0 fully saturated rings. The maximum atomic E-state index is 10.4. The lowest BCUT2D eigenvalue weighted by Gasteiger charge is -2.12. The number of aryl methyl sites for hydroxylation is 1. The highest BCUT2D eigenvalue weighted by atomic mass is 16.5. The number of hydrogen-bond acceptors (Lipinski definition) is 3. The fourth-order valence-electron chi connectivity index (χ4n) is 1.86. The predicted molar refractivity (Wildman–Crippen MR) is 59.8 cm³/mol. The Kier molecular flexibility index (Phi) is 2.60. The number of ether oxygens (including phenoxy) is 1. The first-order valence-corrected chi connectivity index (χ1v) is 5.12. The van der Waals surface area contributed by atoms with Crippen molar-refractivity contribution in [2.24, 2.45) is 0 Å². The molecule has 1 aliphatic rings. The van der Waals surface area contributed by atoms with Gasteiger partial charge in [0.2, 0.25) is 0 Å². The number of rotatable bonds is 2. The van der Waals surface area contributed by atoms with Crippen molar-refractivity contribution in [3.63, 3.8) is 0 Å². The molecule has 86 valence electrons. The second-order valence-corrected chi connectivity index (χ2v) is 3.93. The maximum Gasteiger partial charge on any atom is 0.423 e. The molecule has 0 aromatic heterocycles. The Bertz CT molecular complexity index is 431. The summed E-state index contributed by atoms with van der Waals surface area (Å²) in [6.45, 7) is 4.02. The van der Waals surface area contributed by atoms with E-state index in [1.54, 1.807) is 0 Å². The summed E-state index contributed by atoms with van der Waals surface area (Å²) in [5.41, 5.74) is 7.70. The van der Waals surface area contributed by atoms with Crippen molar-refractivity contribution in [3.05, 3.63) is 23.3 Å². The lowest BCUT2D eigenvalue weighted by Crippen LogP contribution is -2.27. The Balaban J connectivity index is 2.27. The number of nitrogens with one attached hydrogen (secondary N) is 2. The highest BCUT2D eigenvalue weighted by molar-refractivity contribution is 5.70. The smallest absolute Gasteiger partial charge is 0.423 e. The average molecular weight is 222 g/mol. The number of amides is 1. The summed E-state index contributed by atoms with van der Waals surface area (Å²) in [5, 5.41) is 8.52. The number of carboxylic acid groups (broad SMARTS) is 1. The van der Waals surface area contributed by atoms with E-state index in [-0.39, 0.29) is 6.10 Å². The van der Waals surface area contributed by atoms with Crippen LogP contribution in [-0.4, -0.2) is 17.3 Å². The minimum absolute atomic E-state index is 0.140. The van der Waals surface area contributed by atoms with Gasteiger partial charge in [0.1, 0.15) is 11.9 Å². The topological polar surface area (TPSA) is 70.6 Å². The molecule has 0 aliphatic carbocycles. The van der Waals surface area contributed by atoms with E-state index in [1.165, 1.54) is 5.56 Å². The van der Waals surface area contributed by atoms with Gasteiger partial charge >= 0.3 is 6.09 Å². The van der Waals surface area contributed by atoms with Crippen LogP contribution in [0.3, 0.4) is 0 Å². The molecule has 1 heterocycles. The van der Waals surface area contributed by atoms with Crippen molar-refractivity contribution >= 4 is 11.8 Å². The van der Waals surface area contributed by atoms with Gasteiger partial charge in [-0.1, -0.05) is 6.07 Å². The third kappa shape index (κ3) is 1.88. The van der Waals surface area contributed by atoms with Crippen molar-refractivity contribution in [1.29, 1.82) is 0 Å². The van der Waals surface area contributed by atoms with Crippen molar-refractivity contribution in [2.75, 3.05) is 5.43 Å². The molecule has 5 heteroatoms. The molecule has 16 heavy (non-hydrogen) atoms. The van der Waals surface area contributed by atoms with Gasteiger partial charge in [-0.25, -0.2) is 10.2 Å². The lowest BCUT2D eigenvalue weighted by atomic mass is 10.0. The Labute approximate surface area is 93.4 Å². The van der Waals surface area contributed by atoms with Gasteiger partial charge in [0.05, 0.1) is 5.69 Å². The first-order valence-electron chi connectivity index (χ1n) is 5.12. The predicted octanol–water partition coefficient (Wildman–Crippen LogP) is 1.91. The Morgan fingerprint density at radius 1 is 1.56 bits per heavy atom. The second kappa shape index (κ2) is 3.92. The summed E-state index contributed by atoms with van der Waals surface area (Å²) in [5.74, 6) is 0.751. The first kappa shape index (κ1) is 10.6. The molecular formula is C11H14N2O3. The van der Waals surface area contributed by atoms with E-state index in [2.05, 4.69) is 10.9 Å². The normalized spacial score (nSPS) is 17.5. The molecule has 0 bridgehead atoms. The second-order valence-electron chi connectivity index (χ2n) is 3.93. The monoisotopic (exact) mass is 222 g/mol. The molecule has 0 saturated carbocycles. The van der Waals surface area contributed by atoms with Crippen LogP contribution in [0, 0.1) is 6.92 Å².